The van der Waals surface area contributed by atoms with E-state index in [1.54, 1.807) is 0 Å². The summed E-state index contributed by atoms with van der Waals surface area (Å²) < 4.78 is 54.3. The van der Waals surface area contributed by atoms with Crippen molar-refractivity contribution < 1.29 is 21.7 Å². The Hall–Kier alpha value is -1.00. The molecule has 2 fully saturated rings. The zero-order chi connectivity index (χ0) is 18.9. The van der Waals surface area contributed by atoms with Gasteiger partial charge in [0.15, 0.2) is 0 Å². The molecule has 0 aromatic heterocycles. The lowest BCUT2D eigenvalue weighted by molar-refractivity contribution is -0.883. The van der Waals surface area contributed by atoms with Crippen molar-refractivity contribution in [1.82, 2.24) is 8.61 Å². The lowest BCUT2D eigenvalue weighted by Crippen LogP contribution is -3.12. The van der Waals surface area contributed by atoms with Crippen LogP contribution in [-0.4, -0.2) is 71.3 Å². The highest BCUT2D eigenvalue weighted by Crippen LogP contribution is 2.26. The smallest absolute Gasteiger partial charge is 0.243 e. The lowest BCUT2D eigenvalue weighted by Gasteiger charge is -2.32. The number of quaternary nitrogens is 1. The average molecular weight is 403 g/mol. The van der Waals surface area contributed by atoms with Gasteiger partial charge in [-0.3, -0.25) is 0 Å². The molecule has 3 rings (SSSR count). The summed E-state index contributed by atoms with van der Waals surface area (Å²) in [4.78, 5) is 1.63. The van der Waals surface area contributed by atoms with E-state index < -0.39 is 20.0 Å². The van der Waals surface area contributed by atoms with Gasteiger partial charge in [0.25, 0.3) is 0 Å². The van der Waals surface area contributed by atoms with Crippen LogP contribution in [0.5, 0.6) is 0 Å². The maximum Gasteiger partial charge on any atom is 0.243 e. The third-order valence-electron chi connectivity index (χ3n) is 5.39. The summed E-state index contributed by atoms with van der Waals surface area (Å²) in [5, 5.41) is 0. The SMILES string of the molecule is C[C@@H]1CCCCN1S(=O)(=O)c1ccc(S(=O)(=O)N2CC[NH+](C)CC2)cc1. The average Bonchev–Trinajstić information content (AvgIpc) is 2.62. The van der Waals surface area contributed by atoms with Crippen molar-refractivity contribution in [2.75, 3.05) is 39.8 Å². The van der Waals surface area contributed by atoms with Crippen molar-refractivity contribution in [2.45, 2.75) is 42.0 Å². The molecule has 1 atom stereocenters. The van der Waals surface area contributed by atoms with Crippen LogP contribution >= 0.6 is 0 Å². The molecule has 7 nitrogen and oxygen atoms in total. The van der Waals surface area contributed by atoms with Gasteiger partial charge < -0.3 is 4.90 Å². The van der Waals surface area contributed by atoms with Crippen LogP contribution in [0.1, 0.15) is 26.2 Å². The fourth-order valence-electron chi connectivity index (χ4n) is 3.61. The molecule has 146 valence electrons. The Morgan fingerprint density at radius 1 is 0.885 bits per heavy atom. The van der Waals surface area contributed by atoms with Crippen LogP contribution < -0.4 is 4.90 Å². The molecule has 1 aromatic rings. The van der Waals surface area contributed by atoms with Gasteiger partial charge in [-0.05, 0) is 44.0 Å². The van der Waals surface area contributed by atoms with Crippen LogP contribution in [0.15, 0.2) is 34.1 Å². The van der Waals surface area contributed by atoms with E-state index in [2.05, 4.69) is 0 Å². The molecule has 26 heavy (non-hydrogen) atoms. The van der Waals surface area contributed by atoms with Gasteiger partial charge in [-0.15, -0.1) is 0 Å². The number of benzene rings is 1. The summed E-state index contributed by atoms with van der Waals surface area (Å²) >= 11 is 0. The quantitative estimate of drug-likeness (QED) is 0.755. The Bertz CT molecular complexity index is 829. The Morgan fingerprint density at radius 2 is 1.42 bits per heavy atom. The molecule has 1 aromatic carbocycles. The second-order valence-electron chi connectivity index (χ2n) is 7.29. The van der Waals surface area contributed by atoms with Crippen LogP contribution in [0, 0.1) is 0 Å². The first-order valence-electron chi connectivity index (χ1n) is 9.16. The maximum atomic E-state index is 12.9. The van der Waals surface area contributed by atoms with Crippen LogP contribution in [0.3, 0.4) is 0 Å². The third-order valence-corrected chi connectivity index (χ3v) is 9.33. The Kier molecular flexibility index (Phi) is 5.74. The highest BCUT2D eigenvalue weighted by molar-refractivity contribution is 7.89. The summed E-state index contributed by atoms with van der Waals surface area (Å²) in [6.07, 6.45) is 2.76. The molecule has 9 heteroatoms. The Morgan fingerprint density at radius 3 is 1.96 bits per heavy atom. The van der Waals surface area contributed by atoms with Crippen molar-refractivity contribution in [1.29, 1.82) is 0 Å². The Balaban J connectivity index is 1.82. The van der Waals surface area contributed by atoms with Crippen molar-refractivity contribution in [3.05, 3.63) is 24.3 Å². The summed E-state index contributed by atoms with van der Waals surface area (Å²) in [5.41, 5.74) is 0. The minimum atomic E-state index is -3.58. The summed E-state index contributed by atoms with van der Waals surface area (Å²) in [5.74, 6) is 0. The Labute approximate surface area is 156 Å². The fraction of sp³-hybridized carbons (Fsp3) is 0.647. The molecule has 0 radical (unpaired) electrons. The molecular weight excluding hydrogens is 374 g/mol. The molecule has 0 aliphatic carbocycles. The second kappa shape index (κ2) is 7.55. The van der Waals surface area contributed by atoms with E-state index in [0.717, 1.165) is 32.4 Å². The van der Waals surface area contributed by atoms with Crippen LogP contribution in [0.4, 0.5) is 0 Å². The van der Waals surface area contributed by atoms with Gasteiger partial charge in [0, 0.05) is 12.6 Å². The summed E-state index contributed by atoms with van der Waals surface area (Å²) in [6, 6.07) is 5.66. The normalized spacial score (nSPS) is 24.6. The molecule has 0 bridgehead atoms. The number of sulfonamides is 2. The van der Waals surface area contributed by atoms with Gasteiger partial charge in [0.1, 0.15) is 0 Å². The zero-order valence-corrected chi connectivity index (χ0v) is 17.0. The van der Waals surface area contributed by atoms with Gasteiger partial charge in [-0.1, -0.05) is 6.42 Å². The highest BCUT2D eigenvalue weighted by Gasteiger charge is 2.32. The van der Waals surface area contributed by atoms with Crippen LogP contribution in [0.2, 0.25) is 0 Å². The van der Waals surface area contributed by atoms with Crippen molar-refractivity contribution in [3.8, 4) is 0 Å². The molecule has 1 N–H and O–H groups in total. The van der Waals surface area contributed by atoms with Crippen molar-refractivity contribution >= 4 is 20.0 Å². The second-order valence-corrected chi connectivity index (χ2v) is 11.1. The third kappa shape index (κ3) is 3.82. The molecule has 2 aliphatic rings. The monoisotopic (exact) mass is 402 g/mol. The molecule has 2 aliphatic heterocycles. The summed E-state index contributed by atoms with van der Waals surface area (Å²) in [7, 11) is -5.11. The molecular formula is C17H28N3O4S2+. The minimum Gasteiger partial charge on any atom is -0.335 e. The van der Waals surface area contributed by atoms with Gasteiger partial charge in [0.05, 0.1) is 43.0 Å². The number of nitrogens with one attached hydrogen (secondary N) is 1. The first-order chi connectivity index (χ1) is 12.2. The first kappa shape index (κ1) is 19.8. The molecule has 2 saturated heterocycles. The van der Waals surface area contributed by atoms with Crippen LogP contribution in [-0.2, 0) is 20.0 Å². The minimum absolute atomic E-state index is 0.0231. The molecule has 0 spiro atoms. The number of likely N-dealkylation sites (N-methyl/N-ethyl adjacent to an activating group) is 1. The number of piperidine rings is 1. The van der Waals surface area contributed by atoms with Crippen LogP contribution in [0.25, 0.3) is 0 Å². The van der Waals surface area contributed by atoms with Crippen molar-refractivity contribution in [2.24, 2.45) is 0 Å². The fourth-order valence-corrected chi connectivity index (χ4v) is 6.75. The van der Waals surface area contributed by atoms with E-state index in [0.29, 0.717) is 19.6 Å². The number of piperazine rings is 1. The van der Waals surface area contributed by atoms with Gasteiger partial charge in [0.2, 0.25) is 20.0 Å². The van der Waals surface area contributed by atoms with E-state index in [9.17, 15) is 16.8 Å². The standard InChI is InChI=1S/C17H27N3O4S2/c1-15-5-3-4-10-20(15)26(23,24)17-8-6-16(7-9-17)25(21,22)19-13-11-18(2)12-14-19/h6-9,15H,3-5,10-14H2,1-2H3/p+1/t15-/m1/s1. The number of hydrogen-bond donors (Lipinski definition) is 1. The first-order valence-corrected chi connectivity index (χ1v) is 12.0. The molecule has 0 saturated carbocycles. The number of nitrogens with zero attached hydrogens (tertiary/aromatic N) is 2. The van der Waals surface area contributed by atoms with Gasteiger partial charge in [-0.25, -0.2) is 16.8 Å². The lowest BCUT2D eigenvalue weighted by atomic mass is 10.1. The predicted molar refractivity (Wildman–Crippen MR) is 99.0 cm³/mol. The molecule has 0 amide bonds. The summed E-state index contributed by atoms with van der Waals surface area (Å²) in [6.45, 7) is 4.97. The van der Waals surface area contributed by atoms with Gasteiger partial charge in [-0.2, -0.15) is 8.61 Å². The van der Waals surface area contributed by atoms with E-state index >= 15 is 0 Å². The number of hydrogen-bond acceptors (Lipinski definition) is 4. The zero-order valence-electron chi connectivity index (χ0n) is 15.4. The van der Waals surface area contributed by atoms with E-state index in [-0.39, 0.29) is 15.8 Å². The predicted octanol–water partition coefficient (Wildman–Crippen LogP) is -0.231. The van der Waals surface area contributed by atoms with E-state index in [1.807, 2.05) is 14.0 Å². The number of rotatable bonds is 4. The maximum absolute atomic E-state index is 12.9. The van der Waals surface area contributed by atoms with Gasteiger partial charge >= 0.3 is 0 Å². The highest BCUT2D eigenvalue weighted by atomic mass is 32.2. The van der Waals surface area contributed by atoms with Crippen molar-refractivity contribution in [3.63, 3.8) is 0 Å². The largest absolute Gasteiger partial charge is 0.335 e. The molecule has 0 unspecified atom stereocenters. The van der Waals surface area contributed by atoms with E-state index in [4.69, 9.17) is 0 Å². The topological polar surface area (TPSA) is 79.2 Å². The van der Waals surface area contributed by atoms with E-state index in [1.165, 1.54) is 37.8 Å². The molecule has 2 heterocycles.